The van der Waals surface area contributed by atoms with Gasteiger partial charge in [-0.1, -0.05) is 29.8 Å². The second kappa shape index (κ2) is 7.63. The topological polar surface area (TPSA) is 69.4 Å². The van der Waals surface area contributed by atoms with Gasteiger partial charge in [0.05, 0.1) is 11.1 Å². The number of benzene rings is 1. The van der Waals surface area contributed by atoms with Gasteiger partial charge in [-0.05, 0) is 46.8 Å². The number of rotatable bonds is 3. The van der Waals surface area contributed by atoms with Crippen LogP contribution in [-0.4, -0.2) is 26.4 Å². The SMILES string of the molecule is Cc1nnc2n1-c1sc(C(C)OC(=O)C(C)(C)C)cc1C(c1ccccc1Cl)=NC2. The second-order valence-electron chi connectivity index (χ2n) is 8.31. The summed E-state index contributed by atoms with van der Waals surface area (Å²) in [6.45, 7) is 9.76. The van der Waals surface area contributed by atoms with Crippen molar-refractivity contribution in [3.05, 3.63) is 63.0 Å². The second-order valence-corrected chi connectivity index (χ2v) is 9.78. The van der Waals surface area contributed by atoms with E-state index in [1.165, 1.54) is 0 Å². The van der Waals surface area contributed by atoms with Crippen molar-refractivity contribution in [1.29, 1.82) is 0 Å². The molecule has 1 aromatic carbocycles. The monoisotopic (exact) mass is 442 g/mol. The van der Waals surface area contributed by atoms with Crippen molar-refractivity contribution in [2.45, 2.75) is 47.3 Å². The molecule has 0 fully saturated rings. The first-order valence-electron chi connectivity index (χ1n) is 9.72. The lowest BCUT2D eigenvalue weighted by atomic mass is 9.97. The number of carbonyl (C=O) groups excluding carboxylic acids is 1. The first kappa shape index (κ1) is 20.8. The van der Waals surface area contributed by atoms with Gasteiger partial charge in [0, 0.05) is 21.0 Å². The van der Waals surface area contributed by atoms with Crippen LogP contribution in [0.2, 0.25) is 5.02 Å². The zero-order valence-electron chi connectivity index (χ0n) is 17.6. The quantitative estimate of drug-likeness (QED) is 0.516. The Morgan fingerprint density at radius 1 is 1.23 bits per heavy atom. The molecule has 8 heteroatoms. The van der Waals surface area contributed by atoms with E-state index < -0.39 is 5.41 Å². The number of thiophene rings is 1. The van der Waals surface area contributed by atoms with Gasteiger partial charge in [-0.2, -0.15) is 0 Å². The van der Waals surface area contributed by atoms with Crippen LogP contribution < -0.4 is 0 Å². The van der Waals surface area contributed by atoms with E-state index in [1.54, 1.807) is 11.3 Å². The van der Waals surface area contributed by atoms with Crippen molar-refractivity contribution in [2.24, 2.45) is 10.4 Å². The number of carbonyl (C=O) groups is 1. The summed E-state index contributed by atoms with van der Waals surface area (Å²) in [6.07, 6.45) is -0.388. The minimum absolute atomic E-state index is 0.236. The summed E-state index contributed by atoms with van der Waals surface area (Å²) in [6, 6.07) is 9.70. The Hall–Kier alpha value is -2.51. The number of aromatic nitrogens is 3. The average molecular weight is 443 g/mol. The number of aliphatic imine (C=N–C) groups is 1. The van der Waals surface area contributed by atoms with Gasteiger partial charge in [-0.3, -0.25) is 14.4 Å². The molecule has 6 nitrogen and oxygen atoms in total. The van der Waals surface area contributed by atoms with Gasteiger partial charge in [0.15, 0.2) is 5.82 Å². The Balaban J connectivity index is 1.83. The van der Waals surface area contributed by atoms with Crippen molar-refractivity contribution in [3.63, 3.8) is 0 Å². The molecule has 0 bridgehead atoms. The van der Waals surface area contributed by atoms with Crippen molar-refractivity contribution in [1.82, 2.24) is 14.8 Å². The van der Waals surface area contributed by atoms with Crippen LogP contribution in [0.4, 0.5) is 0 Å². The van der Waals surface area contributed by atoms with Gasteiger partial charge >= 0.3 is 5.97 Å². The van der Waals surface area contributed by atoms with Crippen LogP contribution in [-0.2, 0) is 16.1 Å². The first-order chi connectivity index (χ1) is 14.2. The lowest BCUT2D eigenvalue weighted by Crippen LogP contribution is -2.24. The number of ether oxygens (including phenoxy) is 1. The molecule has 1 atom stereocenters. The summed E-state index contributed by atoms with van der Waals surface area (Å²) in [7, 11) is 0. The Kier molecular flexibility index (Phi) is 5.28. The van der Waals surface area contributed by atoms with E-state index in [1.807, 2.05) is 69.5 Å². The van der Waals surface area contributed by atoms with E-state index in [2.05, 4.69) is 10.2 Å². The van der Waals surface area contributed by atoms with Gasteiger partial charge in [0.2, 0.25) is 0 Å². The van der Waals surface area contributed by atoms with Crippen LogP contribution in [0.3, 0.4) is 0 Å². The lowest BCUT2D eigenvalue weighted by Gasteiger charge is -2.20. The third kappa shape index (κ3) is 3.68. The molecule has 0 aliphatic carbocycles. The number of hydrogen-bond donors (Lipinski definition) is 0. The maximum absolute atomic E-state index is 12.4. The maximum Gasteiger partial charge on any atom is 0.311 e. The number of hydrogen-bond acceptors (Lipinski definition) is 6. The van der Waals surface area contributed by atoms with Crippen LogP contribution in [0.15, 0.2) is 35.3 Å². The molecule has 0 N–H and O–H groups in total. The molecule has 3 aromatic rings. The van der Waals surface area contributed by atoms with Crippen molar-refractivity contribution in [3.8, 4) is 5.00 Å². The van der Waals surface area contributed by atoms with E-state index in [4.69, 9.17) is 21.3 Å². The third-order valence-electron chi connectivity index (χ3n) is 4.89. The first-order valence-corrected chi connectivity index (χ1v) is 10.9. The number of nitrogens with zero attached hydrogens (tertiary/aromatic N) is 4. The normalized spacial score (nSPS) is 14.4. The van der Waals surface area contributed by atoms with Gasteiger partial charge in [-0.15, -0.1) is 21.5 Å². The van der Waals surface area contributed by atoms with E-state index in [9.17, 15) is 4.79 Å². The zero-order valence-corrected chi connectivity index (χ0v) is 19.1. The fraction of sp³-hybridized carbons (Fsp3) is 0.364. The van der Waals surface area contributed by atoms with Gasteiger partial charge in [-0.25, -0.2) is 0 Å². The summed E-state index contributed by atoms with van der Waals surface area (Å²) in [4.78, 5) is 18.2. The maximum atomic E-state index is 12.4. The van der Waals surface area contributed by atoms with Crippen molar-refractivity contribution >= 4 is 34.6 Å². The summed E-state index contributed by atoms with van der Waals surface area (Å²) in [5, 5.41) is 10.1. The molecule has 1 aliphatic rings. The fourth-order valence-electron chi connectivity index (χ4n) is 3.22. The van der Waals surface area contributed by atoms with Gasteiger partial charge < -0.3 is 4.74 Å². The molecule has 30 heavy (non-hydrogen) atoms. The highest BCUT2D eigenvalue weighted by Crippen LogP contribution is 2.38. The summed E-state index contributed by atoms with van der Waals surface area (Å²) in [5.41, 5.74) is 2.03. The number of aryl methyl sites for hydroxylation is 1. The predicted octanol–water partition coefficient (Wildman–Crippen LogP) is 5.29. The highest BCUT2D eigenvalue weighted by Gasteiger charge is 2.29. The Morgan fingerprint density at radius 3 is 2.67 bits per heavy atom. The standard InChI is InChI=1S/C22H23ClN4O2S/c1-12(29-21(28)22(3,4)5)17-10-15-19(14-8-6-7-9-16(14)23)24-11-18-26-25-13(2)27(18)20(15)30-17/h6-10,12H,11H2,1-5H3. The minimum Gasteiger partial charge on any atom is -0.457 e. The summed E-state index contributed by atoms with van der Waals surface area (Å²) in [5.74, 6) is 1.32. The Labute approximate surface area is 184 Å². The van der Waals surface area contributed by atoms with E-state index in [0.717, 1.165) is 38.4 Å². The molecule has 0 spiro atoms. The smallest absolute Gasteiger partial charge is 0.311 e. The molecular weight excluding hydrogens is 420 g/mol. The Morgan fingerprint density at radius 2 is 1.97 bits per heavy atom. The highest BCUT2D eigenvalue weighted by atomic mass is 35.5. The molecule has 2 aromatic heterocycles. The molecule has 0 saturated carbocycles. The molecule has 0 amide bonds. The molecular formula is C22H23ClN4O2S. The Bertz CT molecular complexity index is 1160. The number of esters is 1. The molecule has 1 unspecified atom stereocenters. The summed E-state index contributed by atoms with van der Waals surface area (Å²) < 4.78 is 7.76. The largest absolute Gasteiger partial charge is 0.457 e. The molecule has 1 aliphatic heterocycles. The van der Waals surface area contributed by atoms with Crippen LogP contribution in [0.1, 0.15) is 61.5 Å². The number of fused-ring (bicyclic) bond motifs is 3. The molecule has 156 valence electrons. The van der Waals surface area contributed by atoms with Crippen LogP contribution in [0.25, 0.3) is 5.00 Å². The molecule has 0 radical (unpaired) electrons. The van der Waals surface area contributed by atoms with Crippen LogP contribution >= 0.6 is 22.9 Å². The minimum atomic E-state index is -0.565. The lowest BCUT2D eigenvalue weighted by molar-refractivity contribution is -0.157. The molecule has 0 saturated heterocycles. The highest BCUT2D eigenvalue weighted by molar-refractivity contribution is 7.15. The van der Waals surface area contributed by atoms with Crippen molar-refractivity contribution < 1.29 is 9.53 Å². The van der Waals surface area contributed by atoms with E-state index >= 15 is 0 Å². The van der Waals surface area contributed by atoms with Gasteiger partial charge in [0.25, 0.3) is 0 Å². The fourth-order valence-corrected chi connectivity index (χ4v) is 4.66. The molecule has 4 rings (SSSR count). The van der Waals surface area contributed by atoms with Crippen LogP contribution in [0.5, 0.6) is 0 Å². The van der Waals surface area contributed by atoms with E-state index in [0.29, 0.717) is 11.6 Å². The zero-order chi connectivity index (χ0) is 21.6. The average Bonchev–Trinajstić information content (AvgIpc) is 3.22. The summed E-state index contributed by atoms with van der Waals surface area (Å²) >= 11 is 8.06. The predicted molar refractivity (Wildman–Crippen MR) is 119 cm³/mol. The molecule has 3 heterocycles. The number of halogens is 1. The van der Waals surface area contributed by atoms with E-state index in [-0.39, 0.29) is 12.1 Å². The third-order valence-corrected chi connectivity index (χ3v) is 6.50. The van der Waals surface area contributed by atoms with Crippen molar-refractivity contribution in [2.75, 3.05) is 0 Å². The van der Waals surface area contributed by atoms with Crippen LogP contribution in [0, 0.1) is 12.3 Å². The van der Waals surface area contributed by atoms with Gasteiger partial charge in [0.1, 0.15) is 23.5 Å².